The van der Waals surface area contributed by atoms with Gasteiger partial charge in [0.1, 0.15) is 0 Å². The van der Waals surface area contributed by atoms with Crippen molar-refractivity contribution in [1.82, 2.24) is 23.9 Å². The number of carbonyl (C=O) groups excluding carboxylic acids is 3. The van der Waals surface area contributed by atoms with Crippen molar-refractivity contribution in [3.05, 3.63) is 11.8 Å². The molecule has 294 valence electrons. The van der Waals surface area contributed by atoms with Crippen LogP contribution in [-0.4, -0.2) is 192 Å². The molecule has 1 saturated heterocycles. The van der Waals surface area contributed by atoms with Gasteiger partial charge in [-0.1, -0.05) is 0 Å². The number of β-amino-alcohol motifs (C(OH)–C–C–N with tert-alkyl or cyclic N) is 1. The summed E-state index contributed by atoms with van der Waals surface area (Å²) in [5.74, 6) is -0.776. The molecule has 3 aliphatic rings. The monoisotopic (exact) mass is 747 g/mol. The lowest BCUT2D eigenvalue weighted by atomic mass is 9.82. The molecule has 0 amide bonds. The molecule has 1 unspecified atom stereocenters. The van der Waals surface area contributed by atoms with E-state index in [4.69, 9.17) is 23.7 Å². The quantitative estimate of drug-likeness (QED) is 0.165. The maximum Gasteiger partial charge on any atom is 0.320 e. The topological polar surface area (TPSA) is 168 Å². The normalized spacial score (nSPS) is 23.3. The third kappa shape index (κ3) is 16.0. The van der Waals surface area contributed by atoms with Crippen LogP contribution in [0.25, 0.3) is 0 Å². The van der Waals surface area contributed by atoms with Gasteiger partial charge in [-0.2, -0.15) is 4.31 Å². The Hall–Kier alpha value is -2.38. The molecule has 0 aromatic heterocycles. The van der Waals surface area contributed by atoms with Gasteiger partial charge in [-0.25, -0.2) is 8.42 Å². The molecular weight excluding hydrogens is 686 g/mol. The fourth-order valence-corrected chi connectivity index (χ4v) is 8.05. The first-order valence-electron chi connectivity index (χ1n) is 18.3. The Morgan fingerprint density at radius 1 is 0.784 bits per heavy atom. The number of sulfonamides is 1. The van der Waals surface area contributed by atoms with E-state index in [9.17, 15) is 27.9 Å². The van der Waals surface area contributed by atoms with E-state index in [-0.39, 0.29) is 89.2 Å². The van der Waals surface area contributed by atoms with Crippen molar-refractivity contribution in [2.75, 3.05) is 125 Å². The van der Waals surface area contributed by atoms with E-state index in [0.29, 0.717) is 71.8 Å². The Balaban J connectivity index is 1.73. The molecule has 51 heavy (non-hydrogen) atoms. The lowest BCUT2D eigenvalue weighted by Crippen LogP contribution is -2.51. The third-order valence-electron chi connectivity index (χ3n) is 9.47. The molecule has 2 aliphatic heterocycles. The molecule has 2 fully saturated rings. The maximum atomic E-state index is 13.0. The minimum atomic E-state index is -3.61. The van der Waals surface area contributed by atoms with Crippen LogP contribution in [0.4, 0.5) is 0 Å². The maximum absolute atomic E-state index is 13.0. The minimum absolute atomic E-state index is 0.0402. The van der Waals surface area contributed by atoms with E-state index in [2.05, 4.69) is 0 Å². The summed E-state index contributed by atoms with van der Waals surface area (Å²) in [6, 6.07) is -0.221. The lowest BCUT2D eigenvalue weighted by molar-refractivity contribution is -0.146. The molecule has 2 heterocycles. The van der Waals surface area contributed by atoms with Gasteiger partial charge in [-0.3, -0.25) is 34.0 Å². The van der Waals surface area contributed by atoms with Gasteiger partial charge in [0.15, 0.2) is 6.79 Å². The number of aliphatic hydroxyl groups is 1. The molecule has 1 saturated carbocycles. The largest absolute Gasteiger partial charge is 0.475 e. The molecule has 16 nitrogen and oxygen atoms in total. The second kappa shape index (κ2) is 22.6. The summed E-state index contributed by atoms with van der Waals surface area (Å²) in [7, 11) is -3.61. The molecule has 1 aliphatic carbocycles. The van der Waals surface area contributed by atoms with Crippen LogP contribution in [0.1, 0.15) is 46.5 Å². The summed E-state index contributed by atoms with van der Waals surface area (Å²) in [4.78, 5) is 45.4. The Labute approximate surface area is 303 Å². The van der Waals surface area contributed by atoms with Crippen molar-refractivity contribution in [3.8, 4) is 0 Å². The summed E-state index contributed by atoms with van der Waals surface area (Å²) >= 11 is 0. The zero-order chi connectivity index (χ0) is 37.2. The van der Waals surface area contributed by atoms with Gasteiger partial charge in [0.25, 0.3) is 0 Å². The SMILES string of the molecule is CCOC(=O)CN1CCN(CC(=O)OCC)CCN(CC(O)CN(C2CCC(C3=COCOC3)CC2)S(C)(=O)=O)CCN(CC(=O)OCC)CC1. The van der Waals surface area contributed by atoms with Crippen LogP contribution in [0.5, 0.6) is 0 Å². The predicted octanol–water partition coefficient (Wildman–Crippen LogP) is -0.0332. The first-order chi connectivity index (χ1) is 24.4. The number of nitrogens with zero attached hydrogens (tertiary/aromatic N) is 5. The van der Waals surface area contributed by atoms with Gasteiger partial charge in [0.2, 0.25) is 10.0 Å². The van der Waals surface area contributed by atoms with Crippen molar-refractivity contribution in [1.29, 1.82) is 0 Å². The van der Waals surface area contributed by atoms with Crippen LogP contribution in [-0.2, 0) is 48.1 Å². The predicted molar refractivity (Wildman–Crippen MR) is 189 cm³/mol. The minimum Gasteiger partial charge on any atom is -0.475 e. The third-order valence-corrected chi connectivity index (χ3v) is 10.8. The number of hydrogen-bond donors (Lipinski definition) is 1. The van der Waals surface area contributed by atoms with Crippen LogP contribution in [0.15, 0.2) is 11.8 Å². The molecule has 17 heteroatoms. The number of esters is 3. The fourth-order valence-electron chi connectivity index (χ4n) is 6.85. The van der Waals surface area contributed by atoms with E-state index in [1.807, 2.05) is 19.6 Å². The standard InChI is InChI=1S/C34H61N5O11S/c1-5-48-32(41)22-36-14-12-35(13-15-37(23-33(42)49-6-2)17-19-38(18-16-36)24-34(43)50-7-3)20-31(40)21-39(51(4,44)45)30-10-8-28(9-11-30)29-25-46-27-47-26-29/h25,28,30-31,40H,5-24,26-27H2,1-4H3. The zero-order valence-electron chi connectivity index (χ0n) is 31.0. The summed E-state index contributed by atoms with van der Waals surface area (Å²) in [5, 5.41) is 11.4. The first-order valence-corrected chi connectivity index (χ1v) is 20.2. The highest BCUT2D eigenvalue weighted by molar-refractivity contribution is 7.88. The lowest BCUT2D eigenvalue weighted by Gasteiger charge is -2.38. The Morgan fingerprint density at radius 3 is 1.59 bits per heavy atom. The van der Waals surface area contributed by atoms with Gasteiger partial charge in [0, 0.05) is 71.5 Å². The zero-order valence-corrected chi connectivity index (χ0v) is 31.9. The summed E-state index contributed by atoms with van der Waals surface area (Å²) in [6.45, 7) is 10.9. The van der Waals surface area contributed by atoms with Crippen LogP contribution in [0.3, 0.4) is 0 Å². The molecule has 0 aromatic carbocycles. The molecule has 0 aromatic rings. The summed E-state index contributed by atoms with van der Waals surface area (Å²) in [6.07, 6.45) is 4.94. The second-order valence-electron chi connectivity index (χ2n) is 13.4. The van der Waals surface area contributed by atoms with E-state index in [1.165, 1.54) is 10.6 Å². The number of aliphatic hydroxyl groups excluding tert-OH is 1. The fraction of sp³-hybridized carbons (Fsp3) is 0.853. The van der Waals surface area contributed by atoms with E-state index >= 15 is 0 Å². The molecule has 3 rings (SSSR count). The highest BCUT2D eigenvalue weighted by Gasteiger charge is 2.34. The molecule has 1 atom stereocenters. The molecule has 0 spiro atoms. The van der Waals surface area contributed by atoms with Gasteiger partial charge in [-0.15, -0.1) is 0 Å². The summed E-state index contributed by atoms with van der Waals surface area (Å²) in [5.41, 5.74) is 1.10. The van der Waals surface area contributed by atoms with Crippen molar-refractivity contribution in [2.24, 2.45) is 5.92 Å². The van der Waals surface area contributed by atoms with Gasteiger partial charge in [0.05, 0.1) is 64.7 Å². The average molecular weight is 748 g/mol. The second-order valence-corrected chi connectivity index (χ2v) is 15.3. The van der Waals surface area contributed by atoms with Crippen LogP contribution >= 0.6 is 0 Å². The van der Waals surface area contributed by atoms with E-state index in [1.54, 1.807) is 27.0 Å². The van der Waals surface area contributed by atoms with Crippen molar-refractivity contribution in [2.45, 2.75) is 58.6 Å². The average Bonchev–Trinajstić information content (AvgIpc) is 3.08. The van der Waals surface area contributed by atoms with Crippen molar-refractivity contribution in [3.63, 3.8) is 0 Å². The molecular formula is C34H61N5O11S. The van der Waals surface area contributed by atoms with Crippen LogP contribution in [0.2, 0.25) is 0 Å². The Bertz CT molecular complexity index is 1180. The number of hydrogen-bond acceptors (Lipinski definition) is 15. The van der Waals surface area contributed by atoms with Crippen LogP contribution < -0.4 is 0 Å². The van der Waals surface area contributed by atoms with Crippen molar-refractivity contribution >= 4 is 27.9 Å². The van der Waals surface area contributed by atoms with E-state index in [0.717, 1.165) is 18.4 Å². The Morgan fingerprint density at radius 2 is 1.22 bits per heavy atom. The number of carbonyl (C=O) groups is 3. The van der Waals surface area contributed by atoms with E-state index < -0.39 is 16.1 Å². The van der Waals surface area contributed by atoms with Crippen LogP contribution in [0, 0.1) is 5.92 Å². The van der Waals surface area contributed by atoms with Gasteiger partial charge >= 0.3 is 17.9 Å². The molecule has 1 N–H and O–H groups in total. The Kier molecular flexibility index (Phi) is 19.1. The molecule has 0 radical (unpaired) electrons. The van der Waals surface area contributed by atoms with Gasteiger partial charge < -0.3 is 28.8 Å². The highest BCUT2D eigenvalue weighted by atomic mass is 32.2. The molecule has 0 bridgehead atoms. The van der Waals surface area contributed by atoms with Gasteiger partial charge in [-0.05, 0) is 57.9 Å². The van der Waals surface area contributed by atoms with Crippen molar-refractivity contribution < 1.29 is 51.6 Å². The number of ether oxygens (including phenoxy) is 5. The highest BCUT2D eigenvalue weighted by Crippen LogP contribution is 2.34. The summed E-state index contributed by atoms with van der Waals surface area (Å²) < 4.78 is 53.9. The number of rotatable bonds is 16. The smallest absolute Gasteiger partial charge is 0.320 e. The first kappa shape index (κ1) is 43.0.